The molecule has 0 saturated heterocycles. The predicted octanol–water partition coefficient (Wildman–Crippen LogP) is 0.531. The summed E-state index contributed by atoms with van der Waals surface area (Å²) in [5.41, 5.74) is 0. The first-order valence-electron chi connectivity index (χ1n) is 5.53. The van der Waals surface area contributed by atoms with Gasteiger partial charge < -0.3 is 10.2 Å². The van der Waals surface area contributed by atoms with E-state index in [1.54, 1.807) is 18.3 Å². The van der Waals surface area contributed by atoms with Crippen molar-refractivity contribution in [2.45, 2.75) is 11.8 Å². The molecule has 1 N–H and O–H groups in total. The number of likely N-dealkylation sites (N-methyl/N-ethyl adjacent to an activating group) is 2. The highest BCUT2D eigenvalue weighted by atomic mass is 32.2. The highest BCUT2D eigenvalue weighted by Gasteiger charge is 2.16. The zero-order valence-electron chi connectivity index (χ0n) is 10.5. The third-order valence-electron chi connectivity index (χ3n) is 2.39. The molecule has 0 amide bonds. The van der Waals surface area contributed by atoms with Crippen LogP contribution in [0.3, 0.4) is 0 Å². The summed E-state index contributed by atoms with van der Waals surface area (Å²) in [5.74, 6) is 0.507. The summed E-state index contributed by atoms with van der Waals surface area (Å²) >= 11 is 0. The van der Waals surface area contributed by atoms with Crippen molar-refractivity contribution in [3.8, 4) is 0 Å². The van der Waals surface area contributed by atoms with Gasteiger partial charge in [-0.05, 0) is 18.7 Å². The lowest BCUT2D eigenvalue weighted by atomic mass is 10.4. The van der Waals surface area contributed by atoms with Gasteiger partial charge in [0.2, 0.25) is 0 Å². The van der Waals surface area contributed by atoms with E-state index >= 15 is 0 Å². The number of hydrogen-bond donors (Lipinski definition) is 1. The molecule has 0 spiro atoms. The Balaban J connectivity index is 2.90. The Morgan fingerprint density at radius 2 is 2.18 bits per heavy atom. The van der Waals surface area contributed by atoms with E-state index in [2.05, 4.69) is 10.3 Å². The van der Waals surface area contributed by atoms with Crippen molar-refractivity contribution >= 4 is 15.7 Å². The smallest absolute Gasteiger partial charge is 0.179 e. The molecule has 0 fully saturated rings. The van der Waals surface area contributed by atoms with Crippen LogP contribution in [0.2, 0.25) is 0 Å². The summed E-state index contributed by atoms with van der Waals surface area (Å²) in [6.45, 7) is 4.44. The van der Waals surface area contributed by atoms with Crippen molar-refractivity contribution in [2.75, 3.05) is 37.8 Å². The van der Waals surface area contributed by atoms with Crippen molar-refractivity contribution in [1.29, 1.82) is 0 Å². The monoisotopic (exact) mass is 257 g/mol. The molecule has 0 aromatic carbocycles. The van der Waals surface area contributed by atoms with Crippen molar-refractivity contribution in [3.63, 3.8) is 0 Å². The average Bonchev–Trinajstić information content (AvgIpc) is 2.28. The molecule has 1 aromatic heterocycles. The zero-order valence-corrected chi connectivity index (χ0v) is 11.3. The highest BCUT2D eigenvalue weighted by Crippen LogP contribution is 2.20. The van der Waals surface area contributed by atoms with Gasteiger partial charge >= 0.3 is 0 Å². The maximum absolute atomic E-state index is 11.6. The second kappa shape index (κ2) is 5.97. The van der Waals surface area contributed by atoms with Crippen LogP contribution in [0.15, 0.2) is 23.2 Å². The number of anilines is 1. The van der Waals surface area contributed by atoms with E-state index in [1.165, 1.54) is 6.26 Å². The third-order valence-corrected chi connectivity index (χ3v) is 3.50. The van der Waals surface area contributed by atoms with Crippen LogP contribution < -0.4 is 10.2 Å². The van der Waals surface area contributed by atoms with E-state index in [0.29, 0.717) is 12.4 Å². The lowest BCUT2D eigenvalue weighted by Gasteiger charge is -2.20. The van der Waals surface area contributed by atoms with Crippen LogP contribution in [0.25, 0.3) is 0 Å². The summed E-state index contributed by atoms with van der Waals surface area (Å²) < 4.78 is 23.2. The van der Waals surface area contributed by atoms with Gasteiger partial charge in [-0.2, -0.15) is 0 Å². The van der Waals surface area contributed by atoms with E-state index in [1.807, 2.05) is 18.9 Å². The minimum Gasteiger partial charge on any atom is -0.357 e. The third kappa shape index (κ3) is 3.98. The van der Waals surface area contributed by atoms with Gasteiger partial charge in [-0.15, -0.1) is 0 Å². The van der Waals surface area contributed by atoms with Crippen molar-refractivity contribution in [1.82, 2.24) is 10.3 Å². The van der Waals surface area contributed by atoms with Gasteiger partial charge in [0, 0.05) is 32.6 Å². The number of nitrogens with zero attached hydrogens (tertiary/aromatic N) is 2. The summed E-state index contributed by atoms with van der Waals surface area (Å²) in [6, 6.07) is 3.22. The standard InChI is InChI=1S/C11H19N3O2S/c1-4-12-8-9-14(2)11-10(17(3,15)16)6-5-7-13-11/h5-7,12H,4,8-9H2,1-3H3. The fraction of sp³-hybridized carbons (Fsp3) is 0.545. The van der Waals surface area contributed by atoms with Gasteiger partial charge in [-0.1, -0.05) is 6.92 Å². The van der Waals surface area contributed by atoms with Crippen molar-refractivity contribution in [3.05, 3.63) is 18.3 Å². The summed E-state index contributed by atoms with van der Waals surface area (Å²) in [6.07, 6.45) is 2.80. The number of pyridine rings is 1. The zero-order chi connectivity index (χ0) is 12.9. The Morgan fingerprint density at radius 3 is 2.76 bits per heavy atom. The average molecular weight is 257 g/mol. The maximum atomic E-state index is 11.6. The molecule has 0 aliphatic rings. The molecule has 0 saturated carbocycles. The number of sulfone groups is 1. The van der Waals surface area contributed by atoms with Crippen LogP contribution in [0.4, 0.5) is 5.82 Å². The molecule has 6 heteroatoms. The van der Waals surface area contributed by atoms with Gasteiger partial charge in [0.05, 0.1) is 0 Å². The van der Waals surface area contributed by atoms with E-state index in [4.69, 9.17) is 0 Å². The lowest BCUT2D eigenvalue weighted by Crippen LogP contribution is -2.30. The topological polar surface area (TPSA) is 62.3 Å². The Hall–Kier alpha value is -1.14. The fourth-order valence-corrected chi connectivity index (χ4v) is 2.35. The normalized spacial score (nSPS) is 11.5. The Labute approximate surface area is 103 Å². The number of rotatable bonds is 6. The molecule has 5 nitrogen and oxygen atoms in total. The van der Waals surface area contributed by atoms with Crippen molar-refractivity contribution < 1.29 is 8.42 Å². The molecule has 96 valence electrons. The summed E-state index contributed by atoms with van der Waals surface area (Å²) in [7, 11) is -1.39. The number of nitrogens with one attached hydrogen (secondary N) is 1. The number of hydrogen-bond acceptors (Lipinski definition) is 5. The largest absolute Gasteiger partial charge is 0.357 e. The van der Waals surface area contributed by atoms with E-state index in [9.17, 15) is 8.42 Å². The van der Waals surface area contributed by atoms with E-state index in [0.717, 1.165) is 13.1 Å². The van der Waals surface area contributed by atoms with Crippen LogP contribution in [0, 0.1) is 0 Å². The highest BCUT2D eigenvalue weighted by molar-refractivity contribution is 7.90. The minimum absolute atomic E-state index is 0.277. The van der Waals surface area contributed by atoms with E-state index in [-0.39, 0.29) is 4.90 Å². The predicted molar refractivity (Wildman–Crippen MR) is 69.2 cm³/mol. The van der Waals surface area contributed by atoms with E-state index < -0.39 is 9.84 Å². The maximum Gasteiger partial charge on any atom is 0.179 e. The summed E-state index contributed by atoms with van der Waals surface area (Å²) in [5, 5.41) is 3.19. The van der Waals surface area contributed by atoms with Gasteiger partial charge in [-0.3, -0.25) is 0 Å². The molecule has 17 heavy (non-hydrogen) atoms. The lowest BCUT2D eigenvalue weighted by molar-refractivity contribution is 0.600. The van der Waals surface area contributed by atoms with Crippen LogP contribution in [-0.2, 0) is 9.84 Å². The quantitative estimate of drug-likeness (QED) is 0.753. The number of aromatic nitrogens is 1. The second-order valence-corrected chi connectivity index (χ2v) is 5.86. The molecule has 0 aliphatic heterocycles. The molecule has 0 unspecified atom stereocenters. The van der Waals surface area contributed by atoms with Crippen LogP contribution in [0.5, 0.6) is 0 Å². The van der Waals surface area contributed by atoms with Crippen LogP contribution in [-0.4, -0.2) is 46.3 Å². The van der Waals surface area contributed by atoms with Crippen LogP contribution in [0.1, 0.15) is 6.92 Å². The van der Waals surface area contributed by atoms with Crippen LogP contribution >= 0.6 is 0 Å². The SMILES string of the molecule is CCNCCN(C)c1ncccc1S(C)(=O)=O. The van der Waals surface area contributed by atoms with Gasteiger partial charge in [0.25, 0.3) is 0 Å². The molecule has 1 heterocycles. The Morgan fingerprint density at radius 1 is 1.47 bits per heavy atom. The van der Waals surface area contributed by atoms with Gasteiger partial charge in [0.15, 0.2) is 9.84 Å². The second-order valence-electron chi connectivity index (χ2n) is 3.87. The molecule has 0 aliphatic carbocycles. The van der Waals surface area contributed by atoms with Gasteiger partial charge in [0.1, 0.15) is 10.7 Å². The molecular weight excluding hydrogens is 238 g/mol. The first-order valence-corrected chi connectivity index (χ1v) is 7.43. The summed E-state index contributed by atoms with van der Waals surface area (Å²) in [4.78, 5) is 6.27. The molecule has 0 atom stereocenters. The molecule has 0 radical (unpaired) electrons. The Kier molecular flexibility index (Phi) is 4.89. The van der Waals surface area contributed by atoms with Crippen molar-refractivity contribution in [2.24, 2.45) is 0 Å². The fourth-order valence-electron chi connectivity index (χ4n) is 1.49. The first kappa shape index (κ1) is 13.9. The molecule has 0 bridgehead atoms. The minimum atomic E-state index is -3.23. The molecule has 1 aromatic rings. The first-order chi connectivity index (χ1) is 7.96. The molecule has 1 rings (SSSR count). The van der Waals surface area contributed by atoms with Gasteiger partial charge in [-0.25, -0.2) is 13.4 Å². The molecular formula is C11H19N3O2S. The Bertz CT molecular complexity index is 460.